The second-order valence-electron chi connectivity index (χ2n) is 7.12. The normalized spacial score (nSPS) is 15.4. The molecular weight excluding hydrogens is 481 g/mol. The topological polar surface area (TPSA) is 48.8 Å². The first-order chi connectivity index (χ1) is 14.2. The van der Waals surface area contributed by atoms with Gasteiger partial charge in [0.05, 0.1) is 0 Å². The van der Waals surface area contributed by atoms with Gasteiger partial charge in [-0.3, -0.25) is 0 Å². The third kappa shape index (κ3) is 6.04. The molecule has 1 atom stereocenters. The highest BCUT2D eigenvalue weighted by atomic mass is 19.4. The van der Waals surface area contributed by atoms with Gasteiger partial charge in [0.25, 0.3) is 0 Å². The van der Waals surface area contributed by atoms with E-state index < -0.39 is 54.7 Å². The highest BCUT2D eigenvalue weighted by molar-refractivity contribution is 5.10. The molecule has 0 aromatic carbocycles. The summed E-state index contributed by atoms with van der Waals surface area (Å²) in [4.78, 5) is 2.06. The first kappa shape index (κ1) is 30.4. The van der Waals surface area contributed by atoms with Crippen LogP contribution in [0.1, 0.15) is 58.3 Å². The number of rotatable bonds is 14. The fraction of sp³-hybridized carbons (Fsp3) is 1.00. The molecule has 0 saturated heterocycles. The molecule has 0 aliphatic heterocycles. The first-order valence-corrected chi connectivity index (χ1v) is 9.24. The van der Waals surface area contributed by atoms with Crippen molar-refractivity contribution in [3.05, 3.63) is 10.4 Å². The molecule has 0 rings (SSSR count). The second-order valence-corrected chi connectivity index (χ2v) is 7.12. The molecule has 0 aliphatic carbocycles. The Morgan fingerprint density at radius 1 is 0.656 bits per heavy atom. The van der Waals surface area contributed by atoms with Gasteiger partial charge in [-0.15, -0.1) is 0 Å². The molecule has 16 heteroatoms. The van der Waals surface area contributed by atoms with Crippen molar-refractivity contribution in [2.45, 2.75) is 100 Å². The lowest BCUT2D eigenvalue weighted by Gasteiger charge is -2.40. The average Bonchev–Trinajstić information content (AvgIpc) is 2.62. The van der Waals surface area contributed by atoms with Gasteiger partial charge in [-0.25, -0.2) is 0 Å². The highest BCUT2D eigenvalue weighted by Gasteiger charge is 2.90. The van der Waals surface area contributed by atoms with Crippen LogP contribution in [0.25, 0.3) is 10.4 Å². The fourth-order valence-electron chi connectivity index (χ4n) is 2.66. The summed E-state index contributed by atoms with van der Waals surface area (Å²) in [6, 6.07) is -2.14. The number of nitrogens with zero attached hydrogens (tertiary/aromatic N) is 3. The zero-order valence-electron chi connectivity index (χ0n) is 16.5. The largest absolute Gasteiger partial charge is 0.460 e. The fourth-order valence-corrected chi connectivity index (χ4v) is 2.66. The quantitative estimate of drug-likeness (QED) is 0.0753. The molecule has 190 valence electrons. The van der Waals surface area contributed by atoms with Crippen molar-refractivity contribution in [3.63, 3.8) is 0 Å². The van der Waals surface area contributed by atoms with Crippen molar-refractivity contribution < 1.29 is 57.1 Å². The maximum absolute atomic E-state index is 13.9. The zero-order chi connectivity index (χ0) is 25.6. The van der Waals surface area contributed by atoms with Crippen LogP contribution in [-0.2, 0) is 0 Å². The standard InChI is InChI=1S/C16H20F13N3/c1-2-3-4-5-6-7-8-10(31-32-30)9-11(17,18)12(19,20)13(21,22)14(23,24)15(25,26)16(27,28)29/h10H,2-9H2,1H3. The van der Waals surface area contributed by atoms with E-state index in [1.165, 1.54) is 0 Å². The van der Waals surface area contributed by atoms with Gasteiger partial charge in [-0.05, 0) is 12.0 Å². The van der Waals surface area contributed by atoms with E-state index in [4.69, 9.17) is 5.53 Å². The highest BCUT2D eigenvalue weighted by Crippen LogP contribution is 2.60. The second kappa shape index (κ2) is 10.6. The van der Waals surface area contributed by atoms with E-state index in [9.17, 15) is 57.1 Å². The van der Waals surface area contributed by atoms with Crippen LogP contribution in [0.15, 0.2) is 5.11 Å². The van der Waals surface area contributed by atoms with E-state index in [0.29, 0.717) is 19.3 Å². The van der Waals surface area contributed by atoms with Gasteiger partial charge in [-0.2, -0.15) is 57.1 Å². The van der Waals surface area contributed by atoms with Crippen LogP contribution in [-0.4, -0.2) is 41.8 Å². The van der Waals surface area contributed by atoms with Crippen LogP contribution in [0, 0.1) is 0 Å². The minimum atomic E-state index is -7.93. The van der Waals surface area contributed by atoms with Crippen molar-refractivity contribution in [1.29, 1.82) is 0 Å². The molecule has 0 spiro atoms. The van der Waals surface area contributed by atoms with Gasteiger partial charge < -0.3 is 0 Å². The summed E-state index contributed by atoms with van der Waals surface area (Å²) in [6.45, 7) is 1.88. The van der Waals surface area contributed by atoms with E-state index >= 15 is 0 Å². The smallest absolute Gasteiger partial charge is 0.200 e. The lowest BCUT2D eigenvalue weighted by atomic mass is 9.90. The number of alkyl halides is 13. The lowest BCUT2D eigenvalue weighted by molar-refractivity contribution is -0.440. The molecule has 1 unspecified atom stereocenters. The van der Waals surface area contributed by atoms with E-state index in [0.717, 1.165) is 12.8 Å². The maximum Gasteiger partial charge on any atom is 0.460 e. The first-order valence-electron chi connectivity index (χ1n) is 9.24. The van der Waals surface area contributed by atoms with Gasteiger partial charge in [0, 0.05) is 17.4 Å². The Morgan fingerprint density at radius 3 is 1.53 bits per heavy atom. The van der Waals surface area contributed by atoms with Gasteiger partial charge in [0.2, 0.25) is 0 Å². The summed E-state index contributed by atoms with van der Waals surface area (Å²) >= 11 is 0. The summed E-state index contributed by atoms with van der Waals surface area (Å²) in [6.07, 6.45) is -7.27. The summed E-state index contributed by atoms with van der Waals surface area (Å²) < 4.78 is 170. The Balaban J connectivity index is 5.72. The van der Waals surface area contributed by atoms with E-state index in [2.05, 4.69) is 10.0 Å². The lowest BCUT2D eigenvalue weighted by Crippen LogP contribution is -2.70. The van der Waals surface area contributed by atoms with Crippen LogP contribution in [0.4, 0.5) is 57.1 Å². The SMILES string of the molecule is CCCCCCCCC(CC(F)(F)C(F)(F)C(F)(F)C(F)(F)C(F)(F)C(F)(F)F)N=[N+]=[N-]. The van der Waals surface area contributed by atoms with Crippen LogP contribution in [0.2, 0.25) is 0 Å². The number of hydrogen-bond acceptors (Lipinski definition) is 1. The Morgan fingerprint density at radius 2 is 1.09 bits per heavy atom. The molecule has 0 saturated carbocycles. The predicted molar refractivity (Wildman–Crippen MR) is 86.3 cm³/mol. The van der Waals surface area contributed by atoms with Crippen LogP contribution in [0.5, 0.6) is 0 Å². The van der Waals surface area contributed by atoms with Gasteiger partial charge >= 0.3 is 35.8 Å². The zero-order valence-corrected chi connectivity index (χ0v) is 16.5. The molecule has 0 N–H and O–H groups in total. The molecule has 0 aromatic rings. The minimum absolute atomic E-state index is 0.0201. The monoisotopic (exact) mass is 501 g/mol. The van der Waals surface area contributed by atoms with Crippen LogP contribution in [0.3, 0.4) is 0 Å². The van der Waals surface area contributed by atoms with Gasteiger partial charge in [0.15, 0.2) is 0 Å². The van der Waals surface area contributed by atoms with Crippen LogP contribution >= 0.6 is 0 Å². The molecule has 0 aliphatic rings. The molecule has 0 heterocycles. The van der Waals surface area contributed by atoms with Gasteiger partial charge in [-0.1, -0.05) is 50.6 Å². The molecular formula is C16H20F13N3. The third-order valence-corrected chi connectivity index (χ3v) is 4.60. The molecule has 0 aromatic heterocycles. The van der Waals surface area contributed by atoms with Crippen LogP contribution < -0.4 is 0 Å². The Bertz CT molecular complexity index is 640. The Labute approximate surface area is 173 Å². The van der Waals surface area contributed by atoms with E-state index in [1.54, 1.807) is 0 Å². The molecule has 0 bridgehead atoms. The summed E-state index contributed by atoms with van der Waals surface area (Å²) in [5.41, 5.74) is 8.33. The summed E-state index contributed by atoms with van der Waals surface area (Å²) in [5.74, 6) is -37.1. The molecule has 0 amide bonds. The van der Waals surface area contributed by atoms with Crippen molar-refractivity contribution in [3.8, 4) is 0 Å². The number of halogens is 13. The number of azide groups is 1. The van der Waals surface area contributed by atoms with E-state index in [-0.39, 0.29) is 6.42 Å². The predicted octanol–water partition coefficient (Wildman–Crippen LogP) is 8.54. The van der Waals surface area contributed by atoms with Crippen molar-refractivity contribution in [2.24, 2.45) is 5.11 Å². The van der Waals surface area contributed by atoms with E-state index in [1.807, 2.05) is 6.92 Å². The Hall–Kier alpha value is -1.60. The third-order valence-electron chi connectivity index (χ3n) is 4.60. The molecule has 0 radical (unpaired) electrons. The average molecular weight is 501 g/mol. The van der Waals surface area contributed by atoms with Gasteiger partial charge in [0.1, 0.15) is 0 Å². The summed E-state index contributed by atoms with van der Waals surface area (Å²) in [5, 5.41) is 2.70. The molecule has 3 nitrogen and oxygen atoms in total. The molecule has 32 heavy (non-hydrogen) atoms. The number of hydrogen-bond donors (Lipinski definition) is 0. The maximum atomic E-state index is 13.9. The van der Waals surface area contributed by atoms with Crippen molar-refractivity contribution >= 4 is 0 Å². The summed E-state index contributed by atoms with van der Waals surface area (Å²) in [7, 11) is 0. The minimum Gasteiger partial charge on any atom is -0.200 e. The Kier molecular flexibility index (Phi) is 10.0. The number of unbranched alkanes of at least 4 members (excludes halogenated alkanes) is 5. The van der Waals surface area contributed by atoms with Crippen molar-refractivity contribution in [1.82, 2.24) is 0 Å². The molecule has 0 fully saturated rings. The van der Waals surface area contributed by atoms with Crippen molar-refractivity contribution in [2.75, 3.05) is 0 Å².